The fourth-order valence-electron chi connectivity index (χ4n) is 1.66. The molecule has 5 nitrogen and oxygen atoms in total. The molecule has 0 aliphatic carbocycles. The molecule has 1 saturated heterocycles. The summed E-state index contributed by atoms with van der Waals surface area (Å²) in [5.74, 6) is -0.592. The SMILES string of the molecule is COCC(C)(OCC1CCOCC1)C(=O)O. The lowest BCUT2D eigenvalue weighted by Crippen LogP contribution is -2.44. The minimum Gasteiger partial charge on any atom is -0.479 e. The van der Waals surface area contributed by atoms with Crippen molar-refractivity contribution in [2.45, 2.75) is 25.4 Å². The zero-order valence-electron chi connectivity index (χ0n) is 9.90. The third-order valence-corrected chi connectivity index (χ3v) is 2.85. The van der Waals surface area contributed by atoms with Crippen molar-refractivity contribution in [1.29, 1.82) is 0 Å². The van der Waals surface area contributed by atoms with Crippen LogP contribution >= 0.6 is 0 Å². The van der Waals surface area contributed by atoms with Crippen molar-refractivity contribution < 1.29 is 24.1 Å². The Morgan fingerprint density at radius 1 is 1.50 bits per heavy atom. The van der Waals surface area contributed by atoms with E-state index in [1.54, 1.807) is 0 Å². The maximum atomic E-state index is 11.1. The summed E-state index contributed by atoms with van der Waals surface area (Å²) in [4.78, 5) is 11.1. The zero-order valence-corrected chi connectivity index (χ0v) is 9.90. The Kier molecular flexibility index (Phi) is 5.18. The summed E-state index contributed by atoms with van der Waals surface area (Å²) < 4.78 is 15.6. The van der Waals surface area contributed by atoms with Crippen LogP contribution in [-0.4, -0.2) is 50.2 Å². The van der Waals surface area contributed by atoms with Gasteiger partial charge in [0.25, 0.3) is 0 Å². The van der Waals surface area contributed by atoms with Crippen LogP contribution in [-0.2, 0) is 19.0 Å². The second kappa shape index (κ2) is 6.18. The van der Waals surface area contributed by atoms with Crippen LogP contribution in [0.2, 0.25) is 0 Å². The van der Waals surface area contributed by atoms with Gasteiger partial charge in [-0.05, 0) is 25.7 Å². The van der Waals surface area contributed by atoms with E-state index in [1.165, 1.54) is 14.0 Å². The Balaban J connectivity index is 2.39. The first-order valence-corrected chi connectivity index (χ1v) is 5.52. The molecule has 5 heteroatoms. The molecule has 1 rings (SSSR count). The zero-order chi connectivity index (χ0) is 12.0. The van der Waals surface area contributed by atoms with Crippen LogP contribution in [0.1, 0.15) is 19.8 Å². The third kappa shape index (κ3) is 3.73. The highest BCUT2D eigenvalue weighted by Gasteiger charge is 2.35. The molecular formula is C11H20O5. The number of ether oxygens (including phenoxy) is 3. The van der Waals surface area contributed by atoms with Crippen molar-refractivity contribution in [2.24, 2.45) is 5.92 Å². The number of rotatable bonds is 6. The van der Waals surface area contributed by atoms with Gasteiger partial charge in [-0.15, -0.1) is 0 Å². The predicted molar refractivity (Wildman–Crippen MR) is 57.4 cm³/mol. The molecule has 1 atom stereocenters. The van der Waals surface area contributed by atoms with Crippen LogP contribution in [0.15, 0.2) is 0 Å². The maximum Gasteiger partial charge on any atom is 0.338 e. The number of hydrogen-bond donors (Lipinski definition) is 1. The normalized spacial score (nSPS) is 21.6. The number of carboxylic acids is 1. The first kappa shape index (κ1) is 13.4. The minimum absolute atomic E-state index is 0.0611. The van der Waals surface area contributed by atoms with Crippen molar-refractivity contribution in [2.75, 3.05) is 33.5 Å². The van der Waals surface area contributed by atoms with Crippen molar-refractivity contribution in [3.63, 3.8) is 0 Å². The summed E-state index contributed by atoms with van der Waals surface area (Å²) in [6.45, 7) is 3.53. The van der Waals surface area contributed by atoms with Crippen LogP contribution in [0.3, 0.4) is 0 Å². The molecule has 0 aromatic rings. The Bertz CT molecular complexity index is 224. The fraction of sp³-hybridized carbons (Fsp3) is 0.909. The quantitative estimate of drug-likeness (QED) is 0.737. The van der Waals surface area contributed by atoms with Gasteiger partial charge in [-0.25, -0.2) is 4.79 Å². The summed E-state index contributed by atoms with van der Waals surface area (Å²) in [5, 5.41) is 9.06. The lowest BCUT2D eigenvalue weighted by molar-refractivity contribution is -0.173. The Hall–Kier alpha value is -0.650. The highest BCUT2D eigenvalue weighted by Crippen LogP contribution is 2.19. The number of hydrogen-bond acceptors (Lipinski definition) is 4. The average molecular weight is 232 g/mol. The molecule has 94 valence electrons. The molecule has 1 aliphatic rings. The molecule has 0 bridgehead atoms. The van der Waals surface area contributed by atoms with E-state index in [0.29, 0.717) is 12.5 Å². The topological polar surface area (TPSA) is 65.0 Å². The molecule has 0 radical (unpaired) electrons. The molecule has 0 amide bonds. The van der Waals surface area contributed by atoms with E-state index < -0.39 is 11.6 Å². The lowest BCUT2D eigenvalue weighted by Gasteiger charge is -2.28. The summed E-state index contributed by atoms with van der Waals surface area (Å²) in [6, 6.07) is 0. The van der Waals surface area contributed by atoms with Crippen LogP contribution in [0.4, 0.5) is 0 Å². The van der Waals surface area contributed by atoms with Crippen LogP contribution in [0.25, 0.3) is 0 Å². The van der Waals surface area contributed by atoms with Gasteiger partial charge in [-0.2, -0.15) is 0 Å². The highest BCUT2D eigenvalue weighted by atomic mass is 16.6. The van der Waals surface area contributed by atoms with Gasteiger partial charge in [0.05, 0.1) is 13.2 Å². The highest BCUT2D eigenvalue weighted by molar-refractivity contribution is 5.77. The molecule has 1 fully saturated rings. The van der Waals surface area contributed by atoms with E-state index in [9.17, 15) is 4.79 Å². The van der Waals surface area contributed by atoms with E-state index in [-0.39, 0.29) is 6.61 Å². The molecular weight excluding hydrogens is 212 g/mol. The van der Waals surface area contributed by atoms with E-state index >= 15 is 0 Å². The standard InChI is InChI=1S/C11H20O5/c1-11(8-14-2,10(12)13)16-7-9-3-5-15-6-4-9/h9H,3-8H2,1-2H3,(H,12,13). The molecule has 1 unspecified atom stereocenters. The molecule has 0 aromatic heterocycles. The smallest absolute Gasteiger partial charge is 0.338 e. The largest absolute Gasteiger partial charge is 0.479 e. The Labute approximate surface area is 95.7 Å². The first-order valence-electron chi connectivity index (χ1n) is 5.52. The van der Waals surface area contributed by atoms with E-state index in [2.05, 4.69) is 0 Å². The maximum absolute atomic E-state index is 11.1. The molecule has 1 heterocycles. The van der Waals surface area contributed by atoms with Crippen LogP contribution < -0.4 is 0 Å². The Morgan fingerprint density at radius 2 is 2.12 bits per heavy atom. The fourth-order valence-corrected chi connectivity index (χ4v) is 1.66. The van der Waals surface area contributed by atoms with E-state index in [0.717, 1.165) is 26.1 Å². The molecule has 1 N–H and O–H groups in total. The number of carbonyl (C=O) groups is 1. The second-order valence-corrected chi connectivity index (χ2v) is 4.34. The van der Waals surface area contributed by atoms with Crippen LogP contribution in [0.5, 0.6) is 0 Å². The van der Waals surface area contributed by atoms with Gasteiger partial charge in [-0.1, -0.05) is 0 Å². The lowest BCUT2D eigenvalue weighted by atomic mass is 10.0. The molecule has 0 saturated carbocycles. The molecule has 16 heavy (non-hydrogen) atoms. The van der Waals surface area contributed by atoms with Gasteiger partial charge in [0, 0.05) is 20.3 Å². The second-order valence-electron chi connectivity index (χ2n) is 4.34. The first-order chi connectivity index (χ1) is 7.58. The van der Waals surface area contributed by atoms with Crippen molar-refractivity contribution in [3.05, 3.63) is 0 Å². The van der Waals surface area contributed by atoms with Gasteiger partial charge < -0.3 is 19.3 Å². The molecule has 0 aromatic carbocycles. The number of carboxylic acid groups (broad SMARTS) is 1. The average Bonchev–Trinajstić information content (AvgIpc) is 2.28. The number of methoxy groups -OCH3 is 1. The Morgan fingerprint density at radius 3 is 2.62 bits per heavy atom. The number of aliphatic carboxylic acids is 1. The summed E-state index contributed by atoms with van der Waals surface area (Å²) in [5.41, 5.74) is -1.24. The van der Waals surface area contributed by atoms with Crippen molar-refractivity contribution in [1.82, 2.24) is 0 Å². The monoisotopic (exact) mass is 232 g/mol. The third-order valence-electron chi connectivity index (χ3n) is 2.85. The summed E-state index contributed by atoms with van der Waals surface area (Å²) in [7, 11) is 1.47. The van der Waals surface area contributed by atoms with Crippen molar-refractivity contribution >= 4 is 5.97 Å². The van der Waals surface area contributed by atoms with Gasteiger partial charge in [-0.3, -0.25) is 0 Å². The van der Waals surface area contributed by atoms with Gasteiger partial charge in [0.1, 0.15) is 0 Å². The van der Waals surface area contributed by atoms with Gasteiger partial charge in [0.2, 0.25) is 0 Å². The van der Waals surface area contributed by atoms with Gasteiger partial charge in [0.15, 0.2) is 5.60 Å². The van der Waals surface area contributed by atoms with Crippen molar-refractivity contribution in [3.8, 4) is 0 Å². The summed E-state index contributed by atoms with van der Waals surface area (Å²) >= 11 is 0. The summed E-state index contributed by atoms with van der Waals surface area (Å²) in [6.07, 6.45) is 1.87. The minimum atomic E-state index is -1.24. The van der Waals surface area contributed by atoms with E-state index in [1.807, 2.05) is 0 Å². The van der Waals surface area contributed by atoms with Crippen LogP contribution in [0, 0.1) is 5.92 Å². The molecule has 0 spiro atoms. The van der Waals surface area contributed by atoms with E-state index in [4.69, 9.17) is 19.3 Å². The predicted octanol–water partition coefficient (Wildman–Crippen LogP) is 0.919. The van der Waals surface area contributed by atoms with Gasteiger partial charge >= 0.3 is 5.97 Å². The molecule has 1 aliphatic heterocycles.